The van der Waals surface area contributed by atoms with E-state index < -0.39 is 10.0 Å². The fourth-order valence-corrected chi connectivity index (χ4v) is 4.24. The Bertz CT molecular complexity index is 830. The van der Waals surface area contributed by atoms with E-state index in [2.05, 4.69) is 58.3 Å². The smallest absolute Gasteiger partial charge is 0.269 e. The first-order valence-corrected chi connectivity index (χ1v) is 10.8. The first-order valence-electron chi connectivity index (χ1n) is 8.53. The van der Waals surface area contributed by atoms with Gasteiger partial charge in [0.2, 0.25) is 15.4 Å². The molecule has 0 atom stereocenters. The highest BCUT2D eigenvalue weighted by atomic mass is 32.2. The van der Waals surface area contributed by atoms with Crippen LogP contribution >= 0.6 is 11.3 Å². The van der Waals surface area contributed by atoms with Crippen molar-refractivity contribution in [3.63, 3.8) is 0 Å². The van der Waals surface area contributed by atoms with Crippen LogP contribution in [0.1, 0.15) is 50.7 Å². The average Bonchev–Trinajstić information content (AvgIpc) is 3.08. The Morgan fingerprint density at radius 1 is 1.19 bits per heavy atom. The Labute approximate surface area is 158 Å². The number of hydrogen-bond acceptors (Lipinski definition) is 6. The predicted octanol–water partition coefficient (Wildman–Crippen LogP) is 2.92. The molecule has 2 aromatic rings. The molecule has 0 saturated carbocycles. The van der Waals surface area contributed by atoms with Crippen LogP contribution < -0.4 is 10.0 Å². The van der Waals surface area contributed by atoms with Gasteiger partial charge in [0.05, 0.1) is 0 Å². The van der Waals surface area contributed by atoms with E-state index in [4.69, 9.17) is 0 Å². The van der Waals surface area contributed by atoms with Gasteiger partial charge in [0.1, 0.15) is 0 Å². The van der Waals surface area contributed by atoms with E-state index in [-0.39, 0.29) is 21.8 Å². The molecule has 7 nitrogen and oxygen atoms in total. The maximum atomic E-state index is 12.2. The van der Waals surface area contributed by atoms with Crippen LogP contribution in [0, 0.1) is 0 Å². The highest BCUT2D eigenvalue weighted by Crippen LogP contribution is 2.20. The fraction of sp³-hybridized carbons (Fsp3) is 0.471. The van der Waals surface area contributed by atoms with Gasteiger partial charge in [-0.15, -0.1) is 10.2 Å². The Balaban J connectivity index is 1.83. The van der Waals surface area contributed by atoms with Crippen LogP contribution in [0.2, 0.25) is 0 Å². The first-order chi connectivity index (χ1) is 12.3. The number of nitrogens with zero attached hydrogens (tertiary/aromatic N) is 2. The number of rotatable bonds is 9. The van der Waals surface area contributed by atoms with Crippen LogP contribution in [0.3, 0.4) is 0 Å². The molecule has 0 radical (unpaired) electrons. The molecule has 0 aliphatic carbocycles. The summed E-state index contributed by atoms with van der Waals surface area (Å²) in [6, 6.07) is 8.38. The monoisotopic (exact) mass is 396 g/mol. The molecule has 0 unspecified atom stereocenters. The van der Waals surface area contributed by atoms with Gasteiger partial charge >= 0.3 is 0 Å². The predicted molar refractivity (Wildman–Crippen MR) is 103 cm³/mol. The van der Waals surface area contributed by atoms with Crippen molar-refractivity contribution in [2.24, 2.45) is 0 Å². The van der Waals surface area contributed by atoms with Crippen LogP contribution in [0.4, 0.5) is 5.13 Å². The molecular formula is C17H24N4O3S2. The third-order valence-corrected chi connectivity index (χ3v) is 6.45. The second-order valence-corrected chi connectivity index (χ2v) is 9.09. The molecule has 0 spiro atoms. The quantitative estimate of drug-likeness (QED) is 0.501. The second kappa shape index (κ2) is 9.20. The largest absolute Gasteiger partial charge is 0.301 e. The minimum atomic E-state index is -3.71. The lowest BCUT2D eigenvalue weighted by Gasteiger charge is -2.07. The number of carbonyl (C=O) groups is 1. The van der Waals surface area contributed by atoms with Gasteiger partial charge in [0.25, 0.3) is 10.0 Å². The van der Waals surface area contributed by atoms with Crippen molar-refractivity contribution in [3.05, 3.63) is 35.4 Å². The summed E-state index contributed by atoms with van der Waals surface area (Å²) in [6.07, 6.45) is 1.76. The van der Waals surface area contributed by atoms with Crippen molar-refractivity contribution >= 4 is 32.4 Å². The van der Waals surface area contributed by atoms with Crippen molar-refractivity contribution in [2.75, 3.05) is 11.9 Å². The van der Waals surface area contributed by atoms with Gasteiger partial charge < -0.3 is 5.32 Å². The molecule has 26 heavy (non-hydrogen) atoms. The number of aromatic nitrogens is 2. The van der Waals surface area contributed by atoms with E-state index >= 15 is 0 Å². The molecule has 0 aliphatic heterocycles. The lowest BCUT2D eigenvalue weighted by atomic mass is 10.0. The number of aryl methyl sites for hydroxylation is 1. The molecule has 0 bridgehead atoms. The summed E-state index contributed by atoms with van der Waals surface area (Å²) in [7, 11) is -3.71. The molecule has 0 saturated heterocycles. The highest BCUT2D eigenvalue weighted by molar-refractivity contribution is 7.91. The highest BCUT2D eigenvalue weighted by Gasteiger charge is 2.20. The molecule has 1 heterocycles. The van der Waals surface area contributed by atoms with Gasteiger partial charge in [0, 0.05) is 13.0 Å². The van der Waals surface area contributed by atoms with Crippen molar-refractivity contribution in [3.8, 4) is 0 Å². The van der Waals surface area contributed by atoms with Crippen molar-refractivity contribution in [1.29, 1.82) is 0 Å². The fourth-order valence-electron chi connectivity index (χ4n) is 2.21. The molecule has 0 aliphatic rings. The summed E-state index contributed by atoms with van der Waals surface area (Å²) in [4.78, 5) is 11.3. The van der Waals surface area contributed by atoms with Gasteiger partial charge in [-0.05, 0) is 29.9 Å². The zero-order chi connectivity index (χ0) is 19.2. The third-order valence-electron chi connectivity index (χ3n) is 3.78. The van der Waals surface area contributed by atoms with E-state index in [0.717, 1.165) is 17.8 Å². The maximum absolute atomic E-state index is 12.2. The van der Waals surface area contributed by atoms with Gasteiger partial charge in [-0.1, -0.05) is 56.4 Å². The minimum absolute atomic E-state index is 0.148. The maximum Gasteiger partial charge on any atom is 0.269 e. The average molecular weight is 397 g/mol. The SMILES string of the molecule is CCC(=O)Nc1nnc(S(=O)(=O)NCCCc2ccc(C(C)C)cc2)s1. The molecule has 0 fully saturated rings. The Morgan fingerprint density at radius 3 is 2.50 bits per heavy atom. The van der Waals surface area contributed by atoms with E-state index in [0.29, 0.717) is 18.9 Å². The lowest BCUT2D eigenvalue weighted by molar-refractivity contribution is -0.115. The zero-order valence-electron chi connectivity index (χ0n) is 15.2. The van der Waals surface area contributed by atoms with Crippen molar-refractivity contribution in [1.82, 2.24) is 14.9 Å². The number of nitrogens with one attached hydrogen (secondary N) is 2. The molecule has 142 valence electrons. The summed E-state index contributed by atoms with van der Waals surface area (Å²) in [5.41, 5.74) is 2.46. The molecule has 2 N–H and O–H groups in total. The summed E-state index contributed by atoms with van der Waals surface area (Å²) < 4.78 is 26.8. The van der Waals surface area contributed by atoms with Gasteiger partial charge in [-0.25, -0.2) is 13.1 Å². The number of carbonyl (C=O) groups excluding carboxylic acids is 1. The molecule has 1 aromatic heterocycles. The van der Waals surface area contributed by atoms with E-state index in [1.54, 1.807) is 6.92 Å². The number of sulfonamides is 1. The number of benzene rings is 1. The summed E-state index contributed by atoms with van der Waals surface area (Å²) in [5, 5.41) is 10.0. The first kappa shape index (κ1) is 20.5. The van der Waals surface area contributed by atoms with Crippen LogP contribution in [-0.2, 0) is 21.2 Å². The van der Waals surface area contributed by atoms with Crippen LogP contribution in [0.25, 0.3) is 0 Å². The number of anilines is 1. The lowest BCUT2D eigenvalue weighted by Crippen LogP contribution is -2.25. The summed E-state index contributed by atoms with van der Waals surface area (Å²) in [6.45, 7) is 6.31. The van der Waals surface area contributed by atoms with Gasteiger partial charge in [-0.3, -0.25) is 4.79 Å². The Kier molecular flexibility index (Phi) is 7.24. The standard InChI is InChI=1S/C17H24N4O3S2/c1-4-15(22)19-16-20-21-17(25-16)26(23,24)18-11-5-6-13-7-9-14(10-8-13)12(2)3/h7-10,12,18H,4-6,11H2,1-3H3,(H,19,20,22). The molecule has 1 aromatic carbocycles. The summed E-state index contributed by atoms with van der Waals surface area (Å²) >= 11 is 0.838. The molecule has 1 amide bonds. The van der Waals surface area contributed by atoms with E-state index in [1.165, 1.54) is 11.1 Å². The van der Waals surface area contributed by atoms with Gasteiger partial charge in [-0.2, -0.15) is 0 Å². The molecule has 2 rings (SSSR count). The number of hydrogen-bond donors (Lipinski definition) is 2. The minimum Gasteiger partial charge on any atom is -0.301 e. The molecule has 9 heteroatoms. The van der Waals surface area contributed by atoms with Crippen LogP contribution in [-0.4, -0.2) is 31.1 Å². The number of amides is 1. The van der Waals surface area contributed by atoms with Crippen LogP contribution in [0.5, 0.6) is 0 Å². The van der Waals surface area contributed by atoms with Crippen molar-refractivity contribution in [2.45, 2.75) is 50.3 Å². The Morgan fingerprint density at radius 2 is 1.88 bits per heavy atom. The van der Waals surface area contributed by atoms with Gasteiger partial charge in [0.15, 0.2) is 0 Å². The zero-order valence-corrected chi connectivity index (χ0v) is 16.8. The second-order valence-electron chi connectivity index (χ2n) is 6.17. The Hall–Kier alpha value is -1.84. The van der Waals surface area contributed by atoms with Crippen molar-refractivity contribution < 1.29 is 13.2 Å². The normalized spacial score (nSPS) is 11.7. The summed E-state index contributed by atoms with van der Waals surface area (Å²) in [5.74, 6) is 0.260. The van der Waals surface area contributed by atoms with Crippen LogP contribution in [0.15, 0.2) is 28.6 Å². The van der Waals surface area contributed by atoms with E-state index in [9.17, 15) is 13.2 Å². The topological polar surface area (TPSA) is 101 Å². The third kappa shape index (κ3) is 5.86. The van der Waals surface area contributed by atoms with E-state index in [1.807, 2.05) is 0 Å². The molecular weight excluding hydrogens is 372 g/mol.